The molecule has 0 aromatic carbocycles. The molecule has 0 aromatic rings. The third kappa shape index (κ3) is 8.59. The summed E-state index contributed by atoms with van der Waals surface area (Å²) in [5, 5.41) is 0. The van der Waals surface area contributed by atoms with E-state index in [-0.39, 0.29) is 6.42 Å². The predicted molar refractivity (Wildman–Crippen MR) is 43.4 cm³/mol. The van der Waals surface area contributed by atoms with E-state index >= 15 is 0 Å². The second kappa shape index (κ2) is 4.41. The number of rotatable bonds is 4. The van der Waals surface area contributed by atoms with E-state index in [9.17, 15) is 8.78 Å². The van der Waals surface area contributed by atoms with Crippen LogP contribution < -0.4 is 0 Å². The molecule has 0 amide bonds. The lowest BCUT2D eigenvalue weighted by molar-refractivity contribution is 0.0109. The van der Waals surface area contributed by atoms with Crippen LogP contribution in [0.25, 0.3) is 0 Å². The highest BCUT2D eigenvalue weighted by atomic mass is 127. The lowest BCUT2D eigenvalue weighted by atomic mass is 10.2. The smallest absolute Gasteiger partial charge is 0.207 e. The van der Waals surface area contributed by atoms with Crippen molar-refractivity contribution >= 4 is 22.6 Å². The minimum atomic E-state index is -2.45. The first kappa shape index (κ1) is 9.59. The van der Waals surface area contributed by atoms with Crippen molar-refractivity contribution in [3.05, 3.63) is 0 Å². The first-order chi connectivity index (χ1) is 4.06. The molecule has 0 radical (unpaired) electrons. The average molecular weight is 248 g/mol. The summed E-state index contributed by atoms with van der Waals surface area (Å²) >= 11 is 2.19. The molecule has 0 rings (SSSR count). The van der Waals surface area contributed by atoms with E-state index in [1.54, 1.807) is 0 Å². The lowest BCUT2D eigenvalue weighted by Gasteiger charge is -2.07. The molecule has 0 saturated carbocycles. The van der Waals surface area contributed by atoms with Crippen molar-refractivity contribution in [1.82, 2.24) is 0 Å². The van der Waals surface area contributed by atoms with Gasteiger partial charge in [0.2, 0.25) is 5.92 Å². The van der Waals surface area contributed by atoms with Crippen LogP contribution in [0.3, 0.4) is 0 Å². The molecule has 56 valence electrons. The van der Waals surface area contributed by atoms with Crippen LogP contribution in [-0.2, 0) is 0 Å². The number of hydrogen-bond donors (Lipinski definition) is 0. The first-order valence-electron chi connectivity index (χ1n) is 3.00. The molecule has 0 fully saturated rings. The summed E-state index contributed by atoms with van der Waals surface area (Å²) < 4.78 is 25.1. The van der Waals surface area contributed by atoms with E-state index in [4.69, 9.17) is 0 Å². The van der Waals surface area contributed by atoms with Gasteiger partial charge in [0.05, 0.1) is 0 Å². The first-order valence-corrected chi connectivity index (χ1v) is 4.52. The van der Waals surface area contributed by atoms with Crippen LogP contribution in [0.4, 0.5) is 8.78 Å². The van der Waals surface area contributed by atoms with Gasteiger partial charge in [-0.1, -0.05) is 22.6 Å². The quantitative estimate of drug-likeness (QED) is 0.407. The lowest BCUT2D eigenvalue weighted by Crippen LogP contribution is -2.08. The Hall–Kier alpha value is 0.590. The van der Waals surface area contributed by atoms with Crippen LogP contribution in [0, 0.1) is 0 Å². The summed E-state index contributed by atoms with van der Waals surface area (Å²) in [5.41, 5.74) is 0. The third-order valence-electron chi connectivity index (χ3n) is 0.999. The van der Waals surface area contributed by atoms with Gasteiger partial charge in [-0.05, 0) is 24.2 Å². The van der Waals surface area contributed by atoms with Crippen molar-refractivity contribution in [1.29, 1.82) is 0 Å². The Balaban J connectivity index is 3.07. The summed E-state index contributed by atoms with van der Waals surface area (Å²) in [6.07, 6.45) is 1.59. The molecule has 0 aliphatic carbocycles. The van der Waals surface area contributed by atoms with E-state index in [1.165, 1.54) is 0 Å². The highest BCUT2D eigenvalue weighted by molar-refractivity contribution is 14.1. The maximum atomic E-state index is 12.0. The van der Waals surface area contributed by atoms with Crippen molar-refractivity contribution in [3.63, 3.8) is 0 Å². The van der Waals surface area contributed by atoms with Gasteiger partial charge in [-0.3, -0.25) is 0 Å². The fourth-order valence-electron chi connectivity index (χ4n) is 0.530. The molecule has 9 heavy (non-hydrogen) atoms. The maximum absolute atomic E-state index is 12.0. The summed E-state index contributed by atoms with van der Waals surface area (Å²) in [4.78, 5) is 0. The number of hydrogen-bond acceptors (Lipinski definition) is 0. The Bertz CT molecular complexity index is 67.9. The van der Waals surface area contributed by atoms with E-state index < -0.39 is 5.92 Å². The van der Waals surface area contributed by atoms with E-state index in [0.29, 0.717) is 6.42 Å². The van der Waals surface area contributed by atoms with E-state index in [1.807, 2.05) is 0 Å². The van der Waals surface area contributed by atoms with Gasteiger partial charge in [0, 0.05) is 6.42 Å². The molecule has 0 aliphatic rings. The molecule has 0 aliphatic heterocycles. The Morgan fingerprint density at radius 2 is 1.89 bits per heavy atom. The minimum Gasteiger partial charge on any atom is -0.207 e. The van der Waals surface area contributed by atoms with Crippen molar-refractivity contribution in [2.24, 2.45) is 0 Å². The molecule has 0 aromatic heterocycles. The van der Waals surface area contributed by atoms with E-state index in [0.717, 1.165) is 17.8 Å². The molecule has 0 spiro atoms. The monoisotopic (exact) mass is 248 g/mol. The Kier molecular flexibility index (Phi) is 4.70. The summed E-state index contributed by atoms with van der Waals surface area (Å²) in [6, 6.07) is 0. The standard InChI is InChI=1S/C6H11F2I/c1-6(7,8)4-2-3-5-9/h2-5H2,1H3. The summed E-state index contributed by atoms with van der Waals surface area (Å²) in [7, 11) is 0. The van der Waals surface area contributed by atoms with Gasteiger partial charge in [-0.15, -0.1) is 0 Å². The molecular weight excluding hydrogens is 237 g/mol. The van der Waals surface area contributed by atoms with Gasteiger partial charge in [-0.25, -0.2) is 8.78 Å². The van der Waals surface area contributed by atoms with Crippen LogP contribution in [0.2, 0.25) is 0 Å². The minimum absolute atomic E-state index is 0.0377. The average Bonchev–Trinajstić information content (AvgIpc) is 1.63. The van der Waals surface area contributed by atoms with Gasteiger partial charge >= 0.3 is 0 Å². The predicted octanol–water partition coefficient (Wildman–Crippen LogP) is 3.25. The number of halogens is 3. The molecule has 0 N–H and O–H groups in total. The van der Waals surface area contributed by atoms with Gasteiger partial charge in [-0.2, -0.15) is 0 Å². The highest BCUT2D eigenvalue weighted by Crippen LogP contribution is 2.19. The van der Waals surface area contributed by atoms with Crippen LogP contribution in [-0.4, -0.2) is 10.4 Å². The summed E-state index contributed by atoms with van der Waals surface area (Å²) in [5.74, 6) is -2.45. The van der Waals surface area contributed by atoms with Gasteiger partial charge in [0.25, 0.3) is 0 Å². The fraction of sp³-hybridized carbons (Fsp3) is 1.00. The van der Waals surface area contributed by atoms with Gasteiger partial charge in [0.15, 0.2) is 0 Å². The van der Waals surface area contributed by atoms with Crippen LogP contribution >= 0.6 is 22.6 Å². The third-order valence-corrected chi connectivity index (χ3v) is 1.76. The van der Waals surface area contributed by atoms with Gasteiger partial charge < -0.3 is 0 Å². The van der Waals surface area contributed by atoms with Crippen LogP contribution in [0.5, 0.6) is 0 Å². The largest absolute Gasteiger partial charge is 0.245 e. The molecule has 0 unspecified atom stereocenters. The van der Waals surface area contributed by atoms with Crippen molar-refractivity contribution in [3.8, 4) is 0 Å². The van der Waals surface area contributed by atoms with Crippen LogP contribution in [0.15, 0.2) is 0 Å². The molecular formula is C6H11F2I. The maximum Gasteiger partial charge on any atom is 0.245 e. The molecule has 0 heterocycles. The summed E-state index contributed by atoms with van der Waals surface area (Å²) in [6.45, 7) is 0.972. The second-order valence-electron chi connectivity index (χ2n) is 2.22. The fourth-order valence-corrected chi connectivity index (χ4v) is 1.07. The molecule has 3 heteroatoms. The number of unbranched alkanes of at least 4 members (excludes halogenated alkanes) is 1. The zero-order valence-electron chi connectivity index (χ0n) is 5.46. The molecule has 0 nitrogen and oxygen atoms in total. The second-order valence-corrected chi connectivity index (χ2v) is 3.30. The van der Waals surface area contributed by atoms with Crippen LogP contribution in [0.1, 0.15) is 26.2 Å². The SMILES string of the molecule is CC(F)(F)CCCCI. The molecule has 0 saturated heterocycles. The highest BCUT2D eigenvalue weighted by Gasteiger charge is 2.19. The normalized spacial score (nSPS) is 12.0. The van der Waals surface area contributed by atoms with Crippen molar-refractivity contribution < 1.29 is 8.78 Å². The number of alkyl halides is 3. The molecule has 0 bridgehead atoms. The zero-order valence-corrected chi connectivity index (χ0v) is 7.62. The zero-order chi connectivity index (χ0) is 7.33. The van der Waals surface area contributed by atoms with Crippen molar-refractivity contribution in [2.75, 3.05) is 4.43 Å². The Labute approximate surface area is 68.2 Å². The Morgan fingerprint density at radius 1 is 1.33 bits per heavy atom. The molecule has 0 atom stereocenters. The van der Waals surface area contributed by atoms with Crippen molar-refractivity contribution in [2.45, 2.75) is 32.1 Å². The van der Waals surface area contributed by atoms with Gasteiger partial charge in [0.1, 0.15) is 0 Å². The topological polar surface area (TPSA) is 0 Å². The Morgan fingerprint density at radius 3 is 2.22 bits per heavy atom. The van der Waals surface area contributed by atoms with E-state index in [2.05, 4.69) is 22.6 Å².